The third-order valence-electron chi connectivity index (χ3n) is 3.13. The largest absolute Gasteiger partial charge is 0.298 e. The van der Waals surface area contributed by atoms with Crippen LogP contribution in [0.1, 0.15) is 30.4 Å². The van der Waals surface area contributed by atoms with Crippen molar-refractivity contribution in [1.29, 1.82) is 0 Å². The summed E-state index contributed by atoms with van der Waals surface area (Å²) in [4.78, 5) is 1.55. The monoisotopic (exact) mass is 294 g/mol. The molecule has 0 radical (unpaired) electrons. The minimum Gasteiger partial charge on any atom is -0.298 e. The molecule has 0 heterocycles. The zero-order valence-corrected chi connectivity index (χ0v) is 13.8. The molecule has 0 N–H and O–H groups in total. The third kappa shape index (κ3) is 5.06. The first-order valence-corrected chi connectivity index (χ1v) is 7.49. The van der Waals surface area contributed by atoms with Crippen LogP contribution in [-0.4, -0.2) is 18.4 Å². The maximum absolute atomic E-state index is 8.30. The lowest BCUT2D eigenvalue weighted by atomic mass is 9.98. The Morgan fingerprint density at radius 3 is 2.68 bits per heavy atom. The highest BCUT2D eigenvalue weighted by molar-refractivity contribution is 5.85. The fraction of sp³-hybridized carbons (Fsp3) is 0.333. The molecular formula is C21H25N. The van der Waals surface area contributed by atoms with Crippen molar-refractivity contribution >= 4 is 10.8 Å². The Kier molecular flexibility index (Phi) is 4.14. The summed E-state index contributed by atoms with van der Waals surface area (Å²) in [5, 5.41) is 2.24. The summed E-state index contributed by atoms with van der Waals surface area (Å²) < 4.78 is 24.7. The van der Waals surface area contributed by atoms with Gasteiger partial charge in [0, 0.05) is 21.2 Å². The molecule has 0 spiro atoms. The molecule has 0 aliphatic rings. The lowest BCUT2D eigenvalue weighted by Crippen LogP contribution is -2.17. The molecule has 0 saturated heterocycles. The second kappa shape index (κ2) is 7.29. The van der Waals surface area contributed by atoms with Gasteiger partial charge in [-0.05, 0) is 50.2 Å². The number of nitrogens with zero attached hydrogens (tertiary/aromatic N) is 1. The van der Waals surface area contributed by atoms with E-state index in [1.54, 1.807) is 11.9 Å². The van der Waals surface area contributed by atoms with E-state index in [9.17, 15) is 0 Å². The van der Waals surface area contributed by atoms with Crippen LogP contribution in [0, 0.1) is 17.3 Å². The predicted octanol–water partition coefficient (Wildman–Crippen LogP) is 4.88. The zero-order valence-electron chi connectivity index (χ0n) is 16.8. The molecule has 0 bridgehead atoms. The molecule has 1 heteroatoms. The molecule has 1 nitrogen and oxygen atoms in total. The van der Waals surface area contributed by atoms with Crippen molar-refractivity contribution in [2.24, 2.45) is 5.41 Å². The second-order valence-corrected chi connectivity index (χ2v) is 6.41. The quantitative estimate of drug-likeness (QED) is 0.727. The molecule has 0 unspecified atom stereocenters. The zero-order chi connectivity index (χ0) is 18.7. The summed E-state index contributed by atoms with van der Waals surface area (Å²) in [6, 6.07) is 14.0. The highest BCUT2D eigenvalue weighted by Gasteiger charge is 2.03. The van der Waals surface area contributed by atoms with Crippen molar-refractivity contribution in [3.8, 4) is 11.8 Å². The van der Waals surface area contributed by atoms with E-state index in [1.165, 1.54) is 6.08 Å². The molecule has 0 amide bonds. The summed E-state index contributed by atoms with van der Waals surface area (Å²) in [6.45, 7) is 4.48. The van der Waals surface area contributed by atoms with Crippen LogP contribution in [0.25, 0.3) is 10.8 Å². The van der Waals surface area contributed by atoms with Crippen LogP contribution in [0.3, 0.4) is 0 Å². The molecule has 0 saturated carbocycles. The average Bonchev–Trinajstić information content (AvgIpc) is 2.53. The average molecular weight is 294 g/mol. The molecule has 0 atom stereocenters. The number of likely N-dealkylation sites (N-methyl/N-ethyl adjacent to an activating group) is 1. The van der Waals surface area contributed by atoms with Crippen LogP contribution < -0.4 is 0 Å². The lowest BCUT2D eigenvalue weighted by Gasteiger charge is -2.15. The predicted molar refractivity (Wildman–Crippen MR) is 96.7 cm³/mol. The van der Waals surface area contributed by atoms with Gasteiger partial charge in [0.15, 0.2) is 0 Å². The fourth-order valence-electron chi connectivity index (χ4n) is 2.16. The van der Waals surface area contributed by atoms with E-state index in [1.807, 2.05) is 63.2 Å². The smallest absolute Gasteiger partial charge is 0.0596 e. The fourth-order valence-corrected chi connectivity index (χ4v) is 2.16. The molecule has 2 aromatic rings. The number of rotatable bonds is 4. The Hall–Kier alpha value is -2.04. The van der Waals surface area contributed by atoms with Gasteiger partial charge in [-0.25, -0.2) is 0 Å². The van der Waals surface area contributed by atoms with Gasteiger partial charge in [-0.2, -0.15) is 0 Å². The van der Waals surface area contributed by atoms with Gasteiger partial charge in [-0.15, -0.1) is 0 Å². The van der Waals surface area contributed by atoms with Gasteiger partial charge in [0.1, 0.15) is 0 Å². The Morgan fingerprint density at radius 2 is 1.91 bits per heavy atom. The van der Waals surface area contributed by atoms with Crippen molar-refractivity contribution in [3.05, 3.63) is 60.2 Å². The Morgan fingerprint density at radius 1 is 1.18 bits per heavy atom. The molecule has 2 rings (SSSR count). The number of benzene rings is 2. The van der Waals surface area contributed by atoms with Crippen molar-refractivity contribution in [2.75, 3.05) is 13.5 Å². The summed E-state index contributed by atoms with van der Waals surface area (Å²) in [7, 11) is 1.70. The first-order valence-electron chi connectivity index (χ1n) is 8.99. The number of allylic oxidation sites excluding steroid dienone is 1. The molecule has 0 fully saturated rings. The van der Waals surface area contributed by atoms with Crippen LogP contribution in [0.2, 0.25) is 0 Å². The normalized spacial score (nSPS) is 15.0. The van der Waals surface area contributed by atoms with Crippen LogP contribution >= 0.6 is 0 Å². The molecule has 2 aromatic carbocycles. The van der Waals surface area contributed by atoms with Gasteiger partial charge < -0.3 is 0 Å². The second-order valence-electron chi connectivity index (χ2n) is 6.41. The number of hydrogen-bond acceptors (Lipinski definition) is 1. The molecule has 0 aliphatic heterocycles. The van der Waals surface area contributed by atoms with E-state index in [0.717, 1.165) is 16.3 Å². The van der Waals surface area contributed by atoms with Gasteiger partial charge in [0.05, 0.1) is 1.37 Å². The molecule has 114 valence electrons. The van der Waals surface area contributed by atoms with Crippen molar-refractivity contribution < 1.29 is 4.11 Å². The van der Waals surface area contributed by atoms with Crippen LogP contribution in [0.15, 0.2) is 54.6 Å². The first kappa shape index (κ1) is 12.5. The summed E-state index contributed by atoms with van der Waals surface area (Å²) in [5.74, 6) is 5.82. The van der Waals surface area contributed by atoms with Gasteiger partial charge in [0.25, 0.3) is 0 Å². The van der Waals surface area contributed by atoms with Crippen molar-refractivity contribution in [1.82, 2.24) is 4.90 Å². The Bertz CT molecular complexity index is 830. The number of fused-ring (bicyclic) bond motifs is 1. The van der Waals surface area contributed by atoms with Gasteiger partial charge in [0.2, 0.25) is 0 Å². The summed E-state index contributed by atoms with van der Waals surface area (Å²) in [5.41, 5.74) is 0.872. The first-order chi connectivity index (χ1) is 11.6. The van der Waals surface area contributed by atoms with Gasteiger partial charge in [-0.1, -0.05) is 60.4 Å². The molecule has 0 aliphatic carbocycles. The van der Waals surface area contributed by atoms with E-state index in [-0.39, 0.29) is 11.5 Å². The van der Waals surface area contributed by atoms with E-state index in [0.29, 0.717) is 6.54 Å². The minimum atomic E-state index is -1.89. The van der Waals surface area contributed by atoms with Crippen LogP contribution in [0.5, 0.6) is 0 Å². The van der Waals surface area contributed by atoms with E-state index in [4.69, 9.17) is 4.11 Å². The third-order valence-corrected chi connectivity index (χ3v) is 3.13. The van der Waals surface area contributed by atoms with Gasteiger partial charge >= 0.3 is 0 Å². The number of hydrogen-bond donors (Lipinski definition) is 0. The maximum Gasteiger partial charge on any atom is 0.0596 e. The van der Waals surface area contributed by atoms with Crippen LogP contribution in [-0.2, 0) is 6.54 Å². The Labute approximate surface area is 138 Å². The maximum atomic E-state index is 8.30. The minimum absolute atomic E-state index is 0.132. The van der Waals surface area contributed by atoms with Crippen molar-refractivity contribution in [2.45, 2.75) is 27.3 Å². The Balaban J connectivity index is 2.24. The standard InChI is InChI=1S/C21H25N/c1-21(2,3)15-8-5-9-16-22(4)17-19-13-10-12-18-11-6-7-14-20(18)19/h5-7,9-14H,16-17H2,1-4H3/i9D,16D2. The molecular weight excluding hydrogens is 266 g/mol. The highest BCUT2D eigenvalue weighted by Crippen LogP contribution is 2.19. The van der Waals surface area contributed by atoms with Gasteiger partial charge in [-0.3, -0.25) is 4.90 Å². The summed E-state index contributed by atoms with van der Waals surface area (Å²) in [6.07, 6.45) is 1.37. The summed E-state index contributed by atoms with van der Waals surface area (Å²) >= 11 is 0. The highest BCUT2D eigenvalue weighted by atomic mass is 15.1. The molecule has 22 heavy (non-hydrogen) atoms. The molecule has 0 aromatic heterocycles. The van der Waals surface area contributed by atoms with Crippen LogP contribution in [0.4, 0.5) is 0 Å². The SMILES string of the molecule is [2H]C(=CC#CC(C)(C)C)C([2H])([2H])N(C)Cc1cccc2ccccc12. The van der Waals surface area contributed by atoms with E-state index >= 15 is 0 Å². The van der Waals surface area contributed by atoms with Crippen molar-refractivity contribution in [3.63, 3.8) is 0 Å². The van der Waals surface area contributed by atoms with E-state index in [2.05, 4.69) is 11.8 Å². The van der Waals surface area contributed by atoms with E-state index < -0.39 is 6.50 Å². The lowest BCUT2D eigenvalue weighted by molar-refractivity contribution is 0.365. The topological polar surface area (TPSA) is 3.24 Å².